The smallest absolute Gasteiger partial charge is 0.290 e. The van der Waals surface area contributed by atoms with Crippen LogP contribution in [-0.2, 0) is 16.1 Å². The van der Waals surface area contributed by atoms with Crippen LogP contribution >= 0.6 is 0 Å². The average Bonchev–Trinajstić information content (AvgIpc) is 3.20. The van der Waals surface area contributed by atoms with Gasteiger partial charge in [0.1, 0.15) is 17.4 Å². The highest BCUT2D eigenvalue weighted by Crippen LogP contribution is 2.17. The van der Waals surface area contributed by atoms with Crippen LogP contribution in [0.25, 0.3) is 0 Å². The highest BCUT2D eigenvalue weighted by molar-refractivity contribution is 5.77. The lowest BCUT2D eigenvalue weighted by Gasteiger charge is -2.32. The van der Waals surface area contributed by atoms with Crippen molar-refractivity contribution in [2.24, 2.45) is 5.92 Å². The largest absolute Gasteiger partial charge is 0.484 e. The molecule has 3 N–H and O–H groups in total. The van der Waals surface area contributed by atoms with Gasteiger partial charge in [0.25, 0.3) is 12.4 Å². The van der Waals surface area contributed by atoms with Crippen LogP contribution < -0.4 is 10.1 Å². The van der Waals surface area contributed by atoms with Crippen molar-refractivity contribution in [3.05, 3.63) is 48.3 Å². The third-order valence-electron chi connectivity index (χ3n) is 4.30. The van der Waals surface area contributed by atoms with Gasteiger partial charge < -0.3 is 20.1 Å². The zero-order valence-corrected chi connectivity index (χ0v) is 15.5. The molecule has 28 heavy (non-hydrogen) atoms. The summed E-state index contributed by atoms with van der Waals surface area (Å²) in [5, 5.41) is 9.81. The molecule has 0 radical (unpaired) electrons. The van der Waals surface area contributed by atoms with E-state index in [1.807, 2.05) is 6.20 Å². The number of carboxylic acid groups (broad SMARTS) is 1. The molecule has 1 fully saturated rings. The predicted octanol–water partition coefficient (Wildman–Crippen LogP) is 1.66. The molecule has 1 saturated heterocycles. The van der Waals surface area contributed by atoms with Gasteiger partial charge in [0, 0.05) is 25.5 Å². The van der Waals surface area contributed by atoms with Crippen LogP contribution in [0.3, 0.4) is 0 Å². The van der Waals surface area contributed by atoms with Crippen LogP contribution in [0, 0.1) is 11.7 Å². The summed E-state index contributed by atoms with van der Waals surface area (Å²) in [7, 11) is 0. The maximum atomic E-state index is 12.8. The first-order valence-corrected chi connectivity index (χ1v) is 9.04. The Labute approximate surface area is 162 Å². The number of aromatic nitrogens is 2. The molecule has 0 aliphatic carbocycles. The summed E-state index contributed by atoms with van der Waals surface area (Å²) < 4.78 is 18.2. The second kappa shape index (κ2) is 11.7. The van der Waals surface area contributed by atoms with Gasteiger partial charge in [-0.05, 0) is 49.6 Å². The molecule has 3 rings (SSSR count). The molecule has 0 bridgehead atoms. The number of rotatable bonds is 7. The molecule has 152 valence electrons. The van der Waals surface area contributed by atoms with Crippen molar-refractivity contribution in [1.29, 1.82) is 0 Å². The van der Waals surface area contributed by atoms with Gasteiger partial charge in [-0.1, -0.05) is 0 Å². The van der Waals surface area contributed by atoms with Gasteiger partial charge in [0.2, 0.25) is 0 Å². The number of hydrogen-bond acceptors (Lipinski definition) is 5. The minimum atomic E-state index is -0.326. The van der Waals surface area contributed by atoms with Crippen LogP contribution in [0.5, 0.6) is 5.75 Å². The number of imidazole rings is 1. The first kappa shape index (κ1) is 21.4. The second-order valence-corrected chi connectivity index (χ2v) is 6.43. The Kier molecular flexibility index (Phi) is 8.93. The van der Waals surface area contributed by atoms with Gasteiger partial charge in [-0.25, -0.2) is 9.37 Å². The summed E-state index contributed by atoms with van der Waals surface area (Å²) in [6.45, 7) is 3.14. The van der Waals surface area contributed by atoms with Gasteiger partial charge in [-0.2, -0.15) is 0 Å². The summed E-state index contributed by atoms with van der Waals surface area (Å²) in [5.41, 5.74) is 0. The molecular weight excluding hydrogens is 367 g/mol. The van der Waals surface area contributed by atoms with E-state index in [2.05, 4.69) is 20.2 Å². The van der Waals surface area contributed by atoms with E-state index in [4.69, 9.17) is 14.6 Å². The Hall–Kier alpha value is -2.94. The number of ether oxygens (including phenoxy) is 1. The number of H-pyrrole nitrogens is 1. The highest BCUT2D eigenvalue weighted by atomic mass is 19.1. The highest BCUT2D eigenvalue weighted by Gasteiger charge is 2.21. The Morgan fingerprint density at radius 3 is 2.86 bits per heavy atom. The monoisotopic (exact) mass is 392 g/mol. The average molecular weight is 392 g/mol. The number of piperidine rings is 1. The van der Waals surface area contributed by atoms with Crippen molar-refractivity contribution in [3.63, 3.8) is 0 Å². The Morgan fingerprint density at radius 1 is 1.43 bits per heavy atom. The van der Waals surface area contributed by atoms with Crippen LogP contribution in [0.1, 0.15) is 18.7 Å². The first-order chi connectivity index (χ1) is 13.6. The summed E-state index contributed by atoms with van der Waals surface area (Å²) in [6.07, 6.45) is 5.82. The van der Waals surface area contributed by atoms with E-state index >= 15 is 0 Å². The lowest BCUT2D eigenvalue weighted by Crippen LogP contribution is -2.41. The van der Waals surface area contributed by atoms with Crippen LogP contribution in [0.15, 0.2) is 36.7 Å². The fourth-order valence-electron chi connectivity index (χ4n) is 3.05. The van der Waals surface area contributed by atoms with E-state index in [-0.39, 0.29) is 24.8 Å². The number of carbonyl (C=O) groups is 2. The Morgan fingerprint density at radius 2 is 2.18 bits per heavy atom. The molecule has 1 unspecified atom stereocenters. The van der Waals surface area contributed by atoms with Crippen molar-refractivity contribution in [1.82, 2.24) is 20.2 Å². The fourth-order valence-corrected chi connectivity index (χ4v) is 3.05. The standard InChI is InChI=1S/C18H23FN4O2.CH2O2/c19-15-3-5-16(6-4-15)25-13-18(24)22-10-14-2-1-9-23(11-14)12-17-20-7-8-21-17;2-1-3/h3-8,14H,1-2,9-13H2,(H,20,21)(H,22,24);1H,(H,2,3). The number of carbonyl (C=O) groups excluding carboxylic acids is 1. The maximum Gasteiger partial charge on any atom is 0.290 e. The molecule has 2 heterocycles. The lowest BCUT2D eigenvalue weighted by atomic mass is 9.98. The predicted molar refractivity (Wildman–Crippen MR) is 100 cm³/mol. The van der Waals surface area contributed by atoms with Crippen molar-refractivity contribution in [3.8, 4) is 5.75 Å². The number of nitrogens with zero attached hydrogens (tertiary/aromatic N) is 2. The first-order valence-electron chi connectivity index (χ1n) is 9.04. The minimum absolute atomic E-state index is 0.0610. The number of halogens is 1. The molecule has 9 heteroatoms. The molecule has 1 amide bonds. The van der Waals surface area contributed by atoms with Gasteiger partial charge in [0.15, 0.2) is 6.61 Å². The summed E-state index contributed by atoms with van der Waals surface area (Å²) >= 11 is 0. The molecule has 1 aliphatic rings. The number of aromatic amines is 1. The summed E-state index contributed by atoms with van der Waals surface area (Å²) in [6, 6.07) is 5.64. The van der Waals surface area contributed by atoms with Gasteiger partial charge in [-0.15, -0.1) is 0 Å². The van der Waals surface area contributed by atoms with Crippen LogP contribution in [0.4, 0.5) is 4.39 Å². The molecule has 0 spiro atoms. The fraction of sp³-hybridized carbons (Fsp3) is 0.421. The van der Waals surface area contributed by atoms with E-state index in [0.29, 0.717) is 18.2 Å². The van der Waals surface area contributed by atoms with Crippen LogP contribution in [0.2, 0.25) is 0 Å². The number of benzene rings is 1. The van der Waals surface area contributed by atoms with Crippen molar-refractivity contribution >= 4 is 12.4 Å². The topological polar surface area (TPSA) is 108 Å². The van der Waals surface area contributed by atoms with Crippen molar-refractivity contribution in [2.45, 2.75) is 19.4 Å². The molecular formula is C19H25FN4O4. The number of nitrogens with one attached hydrogen (secondary N) is 2. The van der Waals surface area contributed by atoms with E-state index in [9.17, 15) is 9.18 Å². The van der Waals surface area contributed by atoms with Gasteiger partial charge in [0.05, 0.1) is 6.54 Å². The van der Waals surface area contributed by atoms with E-state index in [1.165, 1.54) is 24.3 Å². The molecule has 0 saturated carbocycles. The molecule has 1 aliphatic heterocycles. The molecule has 1 aromatic carbocycles. The van der Waals surface area contributed by atoms with E-state index in [1.54, 1.807) is 6.20 Å². The maximum absolute atomic E-state index is 12.8. The lowest BCUT2D eigenvalue weighted by molar-refractivity contribution is -0.124. The normalized spacial score (nSPS) is 16.5. The molecule has 1 atom stereocenters. The van der Waals surface area contributed by atoms with Gasteiger partial charge in [-0.3, -0.25) is 14.5 Å². The van der Waals surface area contributed by atoms with Crippen molar-refractivity contribution in [2.75, 3.05) is 26.2 Å². The zero-order chi connectivity index (χ0) is 20.2. The number of amides is 1. The quantitative estimate of drug-likeness (QED) is 0.619. The zero-order valence-electron chi connectivity index (χ0n) is 15.5. The van der Waals surface area contributed by atoms with Gasteiger partial charge >= 0.3 is 0 Å². The van der Waals surface area contributed by atoms with Crippen LogP contribution in [-0.4, -0.2) is 58.6 Å². The molecule has 2 aromatic rings. The second-order valence-electron chi connectivity index (χ2n) is 6.43. The Balaban J connectivity index is 0.000000878. The molecule has 1 aromatic heterocycles. The van der Waals surface area contributed by atoms with Crippen molar-refractivity contribution < 1.29 is 23.8 Å². The third-order valence-corrected chi connectivity index (χ3v) is 4.30. The minimum Gasteiger partial charge on any atom is -0.484 e. The number of hydrogen-bond donors (Lipinski definition) is 3. The van der Waals surface area contributed by atoms with E-state index < -0.39 is 0 Å². The summed E-state index contributed by atoms with van der Waals surface area (Å²) in [4.78, 5) is 30.0. The number of likely N-dealkylation sites (tertiary alicyclic amines) is 1. The Bertz CT molecular complexity index is 709. The SMILES string of the molecule is O=C(COc1ccc(F)cc1)NCC1CCCN(Cc2ncc[nH]2)C1.O=CO. The third kappa shape index (κ3) is 7.75. The van der Waals surface area contributed by atoms with E-state index in [0.717, 1.165) is 38.3 Å². The summed E-state index contributed by atoms with van der Waals surface area (Å²) in [5.74, 6) is 1.40. The molecule has 8 nitrogen and oxygen atoms in total.